The summed E-state index contributed by atoms with van der Waals surface area (Å²) in [4.78, 5) is 12.6. The third kappa shape index (κ3) is 3.78. The monoisotopic (exact) mass is 395 g/mol. The van der Waals surface area contributed by atoms with Crippen LogP contribution in [-0.4, -0.2) is 32.6 Å². The number of hydrogen-bond acceptors (Lipinski definition) is 5. The Morgan fingerprint density at radius 2 is 1.70 bits per heavy atom. The van der Waals surface area contributed by atoms with Gasteiger partial charge < -0.3 is 9.84 Å². The third-order valence-corrected chi connectivity index (χ3v) is 8.38. The summed E-state index contributed by atoms with van der Waals surface area (Å²) in [6.07, 6.45) is 8.29. The van der Waals surface area contributed by atoms with E-state index in [0.717, 1.165) is 17.8 Å². The van der Waals surface area contributed by atoms with E-state index < -0.39 is 10.0 Å². The lowest BCUT2D eigenvalue weighted by Gasteiger charge is -2.56. The molecule has 27 heavy (non-hydrogen) atoms. The number of carbonyl (C=O) groups excluding carboxylic acids is 1. The molecule has 1 amide bonds. The number of aryl methyl sites for hydroxylation is 2. The van der Waals surface area contributed by atoms with Crippen molar-refractivity contribution in [2.75, 3.05) is 13.1 Å². The van der Waals surface area contributed by atoms with Gasteiger partial charge in [-0.2, -0.15) is 0 Å². The van der Waals surface area contributed by atoms with Crippen molar-refractivity contribution in [3.63, 3.8) is 0 Å². The van der Waals surface area contributed by atoms with Gasteiger partial charge in [-0.15, -0.1) is 0 Å². The topological polar surface area (TPSA) is 101 Å². The largest absolute Gasteiger partial charge is 0.360 e. The SMILES string of the molecule is Cc1noc(C)c1S(=O)(=O)NCCNC(=O)CC12CC3CC(CC(C3)C1)C2. The standard InChI is InChI=1S/C19H29N3O4S/c1-12-18(13(2)26-22-12)27(24,25)21-4-3-20-17(23)11-19-8-14-5-15(9-19)7-16(6-14)10-19/h14-16,21H,3-11H2,1-2H3,(H,20,23). The molecular formula is C19H29N3O4S. The van der Waals surface area contributed by atoms with Crippen molar-refractivity contribution in [2.45, 2.75) is 63.7 Å². The first-order valence-electron chi connectivity index (χ1n) is 9.96. The fourth-order valence-corrected chi connectivity index (χ4v) is 7.58. The van der Waals surface area contributed by atoms with E-state index in [1.54, 1.807) is 13.8 Å². The number of hydrogen-bond donors (Lipinski definition) is 2. The fraction of sp³-hybridized carbons (Fsp3) is 0.789. The minimum Gasteiger partial charge on any atom is -0.360 e. The number of sulfonamides is 1. The number of aromatic nitrogens is 1. The van der Waals surface area contributed by atoms with E-state index in [0.29, 0.717) is 12.1 Å². The highest BCUT2D eigenvalue weighted by atomic mass is 32.2. The molecule has 0 aliphatic heterocycles. The molecule has 7 nitrogen and oxygen atoms in total. The highest BCUT2D eigenvalue weighted by Crippen LogP contribution is 2.61. The minimum absolute atomic E-state index is 0.0495. The van der Waals surface area contributed by atoms with Crippen LogP contribution in [0.1, 0.15) is 56.4 Å². The Balaban J connectivity index is 1.26. The van der Waals surface area contributed by atoms with Crippen molar-refractivity contribution in [1.29, 1.82) is 0 Å². The molecule has 4 bridgehead atoms. The van der Waals surface area contributed by atoms with Crippen LogP contribution in [0.25, 0.3) is 0 Å². The molecule has 150 valence electrons. The number of nitrogens with one attached hydrogen (secondary N) is 2. The second-order valence-corrected chi connectivity index (χ2v) is 10.7. The lowest BCUT2D eigenvalue weighted by Crippen LogP contribution is -2.48. The molecule has 4 aliphatic rings. The zero-order valence-corrected chi connectivity index (χ0v) is 16.9. The summed E-state index contributed by atoms with van der Waals surface area (Å²) >= 11 is 0. The van der Waals surface area contributed by atoms with Crippen LogP contribution in [0, 0.1) is 37.0 Å². The Morgan fingerprint density at radius 3 is 2.22 bits per heavy atom. The van der Waals surface area contributed by atoms with E-state index in [1.807, 2.05) is 0 Å². The molecule has 8 heteroatoms. The zero-order valence-electron chi connectivity index (χ0n) is 16.1. The maximum atomic E-state index is 12.5. The van der Waals surface area contributed by atoms with Crippen LogP contribution < -0.4 is 10.0 Å². The molecule has 1 aromatic rings. The molecule has 0 radical (unpaired) electrons. The van der Waals surface area contributed by atoms with Crippen molar-refractivity contribution >= 4 is 15.9 Å². The minimum atomic E-state index is -3.68. The smallest absolute Gasteiger partial charge is 0.246 e. The second kappa shape index (κ2) is 6.88. The third-order valence-electron chi connectivity index (χ3n) is 6.68. The second-order valence-electron chi connectivity index (χ2n) is 9.00. The molecule has 4 aliphatic carbocycles. The molecule has 0 saturated heterocycles. The number of carbonyl (C=O) groups is 1. The summed E-state index contributed by atoms with van der Waals surface area (Å²) in [5.74, 6) is 2.79. The van der Waals surface area contributed by atoms with E-state index in [9.17, 15) is 13.2 Å². The normalized spacial score (nSPS) is 32.0. The molecule has 1 aromatic heterocycles. The maximum absolute atomic E-state index is 12.5. The maximum Gasteiger partial charge on any atom is 0.246 e. The van der Waals surface area contributed by atoms with Gasteiger partial charge in [0, 0.05) is 19.5 Å². The van der Waals surface area contributed by atoms with Gasteiger partial charge in [-0.05, 0) is 75.5 Å². The van der Waals surface area contributed by atoms with E-state index in [4.69, 9.17) is 4.52 Å². The summed E-state index contributed by atoms with van der Waals surface area (Å²) in [7, 11) is -3.68. The molecule has 4 fully saturated rings. The van der Waals surface area contributed by atoms with Crippen LogP contribution >= 0.6 is 0 Å². The molecule has 1 heterocycles. The molecule has 2 N–H and O–H groups in total. The van der Waals surface area contributed by atoms with E-state index >= 15 is 0 Å². The van der Waals surface area contributed by atoms with Crippen molar-refractivity contribution in [3.8, 4) is 0 Å². The Morgan fingerprint density at radius 1 is 1.11 bits per heavy atom. The zero-order chi connectivity index (χ0) is 19.2. The predicted octanol–water partition coefficient (Wildman–Crippen LogP) is 2.29. The first-order chi connectivity index (χ1) is 12.8. The summed E-state index contributed by atoms with van der Waals surface area (Å²) in [6, 6.07) is 0. The summed E-state index contributed by atoms with van der Waals surface area (Å²) < 4.78 is 32.1. The van der Waals surface area contributed by atoms with E-state index in [-0.39, 0.29) is 35.1 Å². The van der Waals surface area contributed by atoms with Crippen LogP contribution in [0.15, 0.2) is 9.42 Å². The average molecular weight is 396 g/mol. The van der Waals surface area contributed by atoms with E-state index in [1.165, 1.54) is 38.5 Å². The Kier molecular flexibility index (Phi) is 4.83. The van der Waals surface area contributed by atoms with E-state index in [2.05, 4.69) is 15.2 Å². The van der Waals surface area contributed by atoms with Gasteiger partial charge in [-0.3, -0.25) is 4.79 Å². The molecule has 0 unspecified atom stereocenters. The van der Waals surface area contributed by atoms with Crippen LogP contribution in [0.5, 0.6) is 0 Å². The lowest BCUT2D eigenvalue weighted by molar-refractivity contribution is -0.129. The first kappa shape index (κ1) is 18.9. The van der Waals surface area contributed by atoms with Crippen molar-refractivity contribution in [2.24, 2.45) is 23.2 Å². The highest BCUT2D eigenvalue weighted by Gasteiger charge is 2.51. The van der Waals surface area contributed by atoms with Gasteiger partial charge in [0.1, 0.15) is 10.6 Å². The summed E-state index contributed by atoms with van der Waals surface area (Å²) in [5.41, 5.74) is 0.542. The summed E-state index contributed by atoms with van der Waals surface area (Å²) in [5, 5.41) is 6.58. The first-order valence-corrected chi connectivity index (χ1v) is 11.4. The molecule has 5 rings (SSSR count). The molecule has 0 atom stereocenters. The highest BCUT2D eigenvalue weighted by molar-refractivity contribution is 7.89. The lowest BCUT2D eigenvalue weighted by atomic mass is 9.49. The molecule has 4 saturated carbocycles. The Hall–Kier alpha value is -1.41. The van der Waals surface area contributed by atoms with Gasteiger partial charge in [0.15, 0.2) is 5.76 Å². The fourth-order valence-electron chi connectivity index (χ4n) is 6.23. The van der Waals surface area contributed by atoms with Crippen LogP contribution in [0.3, 0.4) is 0 Å². The van der Waals surface area contributed by atoms with Gasteiger partial charge >= 0.3 is 0 Å². The molecule has 0 spiro atoms. The number of amides is 1. The Bertz CT molecular complexity index is 775. The number of rotatable bonds is 7. The van der Waals surface area contributed by atoms with Gasteiger partial charge in [0.05, 0.1) is 0 Å². The van der Waals surface area contributed by atoms with Crippen LogP contribution in [-0.2, 0) is 14.8 Å². The molecular weight excluding hydrogens is 366 g/mol. The molecule has 0 aromatic carbocycles. The average Bonchev–Trinajstić information content (AvgIpc) is 2.89. The summed E-state index contributed by atoms with van der Waals surface area (Å²) in [6.45, 7) is 3.60. The van der Waals surface area contributed by atoms with Gasteiger partial charge in [0.2, 0.25) is 15.9 Å². The van der Waals surface area contributed by atoms with Crippen LogP contribution in [0.4, 0.5) is 0 Å². The van der Waals surface area contributed by atoms with Crippen molar-refractivity contribution in [3.05, 3.63) is 11.5 Å². The van der Waals surface area contributed by atoms with Gasteiger partial charge in [-0.25, -0.2) is 13.1 Å². The van der Waals surface area contributed by atoms with Gasteiger partial charge in [0.25, 0.3) is 0 Å². The van der Waals surface area contributed by atoms with Crippen LogP contribution in [0.2, 0.25) is 0 Å². The number of nitrogens with zero attached hydrogens (tertiary/aromatic N) is 1. The quantitative estimate of drug-likeness (QED) is 0.690. The van der Waals surface area contributed by atoms with Crippen molar-refractivity contribution in [1.82, 2.24) is 15.2 Å². The Labute approximate surface area is 160 Å². The van der Waals surface area contributed by atoms with Gasteiger partial charge in [-0.1, -0.05) is 5.16 Å². The predicted molar refractivity (Wildman–Crippen MR) is 99.4 cm³/mol. The van der Waals surface area contributed by atoms with Crippen molar-refractivity contribution < 1.29 is 17.7 Å².